The van der Waals surface area contributed by atoms with E-state index in [1.807, 2.05) is 19.1 Å². The number of nitrogens with zero attached hydrogens (tertiary/aromatic N) is 1. The van der Waals surface area contributed by atoms with Crippen LogP contribution in [0.2, 0.25) is 5.02 Å². The number of benzene rings is 1. The number of anilines is 1. The Hall–Kier alpha value is -1.10. The molecule has 1 aromatic rings. The molecule has 0 saturated carbocycles. The highest BCUT2D eigenvalue weighted by Crippen LogP contribution is 2.21. The molecule has 0 unspecified atom stereocenters. The maximum atomic E-state index is 12.1. The van der Waals surface area contributed by atoms with Gasteiger partial charge in [0.25, 0.3) is 0 Å². The molecule has 1 saturated heterocycles. The molecule has 1 fully saturated rings. The normalized spacial score (nSPS) is 16.9. The van der Waals surface area contributed by atoms with Crippen molar-refractivity contribution in [3.05, 3.63) is 28.8 Å². The Morgan fingerprint density at radius 2 is 2.14 bits per heavy atom. The van der Waals surface area contributed by atoms with Crippen LogP contribution in [-0.2, 0) is 4.79 Å². The lowest BCUT2D eigenvalue weighted by atomic mass is 9.94. The average Bonchev–Trinajstić information content (AvgIpc) is 2.45. The summed E-state index contributed by atoms with van der Waals surface area (Å²) in [5, 5.41) is 3.58. The lowest BCUT2D eigenvalue weighted by Crippen LogP contribution is -2.39. The minimum absolute atomic E-state index is 0.0206. The summed E-state index contributed by atoms with van der Waals surface area (Å²) in [7, 11) is 0. The quantitative estimate of drug-likeness (QED) is 0.879. The van der Waals surface area contributed by atoms with Gasteiger partial charge in [-0.2, -0.15) is 0 Å². The van der Waals surface area contributed by atoms with Crippen molar-refractivity contribution in [1.82, 2.24) is 4.90 Å². The number of hydrogen-bond acceptors (Lipinski definition) is 3. The number of amides is 1. The van der Waals surface area contributed by atoms with Crippen molar-refractivity contribution in [3.63, 3.8) is 0 Å². The Morgan fingerprint density at radius 3 is 2.76 bits per heavy atom. The molecular formula is C16H24ClN3O. The number of aryl methyl sites for hydroxylation is 1. The van der Waals surface area contributed by atoms with Gasteiger partial charge >= 0.3 is 0 Å². The van der Waals surface area contributed by atoms with Gasteiger partial charge in [-0.1, -0.05) is 17.7 Å². The van der Waals surface area contributed by atoms with Crippen molar-refractivity contribution in [1.29, 1.82) is 0 Å². The minimum atomic E-state index is 0.0206. The van der Waals surface area contributed by atoms with Gasteiger partial charge < -0.3 is 11.1 Å². The van der Waals surface area contributed by atoms with Crippen molar-refractivity contribution in [2.24, 2.45) is 11.7 Å². The van der Waals surface area contributed by atoms with Gasteiger partial charge in [0.1, 0.15) is 0 Å². The number of rotatable bonds is 5. The van der Waals surface area contributed by atoms with Crippen LogP contribution in [0.3, 0.4) is 0 Å². The first-order valence-corrected chi connectivity index (χ1v) is 7.94. The fourth-order valence-electron chi connectivity index (χ4n) is 2.74. The zero-order valence-corrected chi connectivity index (χ0v) is 13.3. The molecule has 0 atom stereocenters. The summed E-state index contributed by atoms with van der Waals surface area (Å²) in [6.07, 6.45) is 3.38. The highest BCUT2D eigenvalue weighted by atomic mass is 35.5. The Bertz CT molecular complexity index is 484. The number of nitrogens with one attached hydrogen (secondary N) is 1. The molecular weight excluding hydrogens is 286 g/mol. The second-order valence-electron chi connectivity index (χ2n) is 5.81. The van der Waals surface area contributed by atoms with Crippen molar-refractivity contribution in [3.8, 4) is 0 Å². The lowest BCUT2D eigenvalue weighted by Gasteiger charge is -2.31. The van der Waals surface area contributed by atoms with Crippen molar-refractivity contribution >= 4 is 23.2 Å². The number of likely N-dealkylation sites (tertiary alicyclic amines) is 1. The maximum absolute atomic E-state index is 12.1. The highest BCUT2D eigenvalue weighted by molar-refractivity contribution is 6.31. The van der Waals surface area contributed by atoms with Crippen LogP contribution >= 0.6 is 11.6 Å². The fourth-order valence-corrected chi connectivity index (χ4v) is 2.92. The Balaban J connectivity index is 1.78. The zero-order chi connectivity index (χ0) is 15.2. The van der Waals surface area contributed by atoms with Crippen LogP contribution in [0.4, 0.5) is 5.69 Å². The monoisotopic (exact) mass is 309 g/mol. The first-order valence-electron chi connectivity index (χ1n) is 7.57. The second-order valence-corrected chi connectivity index (χ2v) is 6.22. The van der Waals surface area contributed by atoms with E-state index in [0.717, 1.165) is 56.1 Å². The molecule has 1 aromatic carbocycles. The standard InChI is InChI=1S/C16H24ClN3O/c1-12-2-3-14(10-15(12)17)19-16(21)11-20-8-5-13(4-7-18)6-9-20/h2-3,10,13H,4-9,11,18H2,1H3,(H,19,21). The largest absolute Gasteiger partial charge is 0.330 e. The molecule has 0 aliphatic carbocycles. The molecule has 0 radical (unpaired) electrons. The summed E-state index contributed by atoms with van der Waals surface area (Å²) in [5.41, 5.74) is 7.36. The van der Waals surface area contributed by atoms with E-state index < -0.39 is 0 Å². The highest BCUT2D eigenvalue weighted by Gasteiger charge is 2.20. The van der Waals surface area contributed by atoms with Gasteiger partial charge in [0.15, 0.2) is 0 Å². The summed E-state index contributed by atoms with van der Waals surface area (Å²) >= 11 is 6.06. The summed E-state index contributed by atoms with van der Waals surface area (Å²) < 4.78 is 0. The molecule has 2 rings (SSSR count). The number of halogens is 1. The van der Waals surface area contributed by atoms with E-state index in [4.69, 9.17) is 17.3 Å². The van der Waals surface area contributed by atoms with Crippen LogP contribution in [0.1, 0.15) is 24.8 Å². The van der Waals surface area contributed by atoms with Crippen molar-refractivity contribution in [2.75, 3.05) is 31.5 Å². The molecule has 5 heteroatoms. The van der Waals surface area contributed by atoms with Crippen LogP contribution in [-0.4, -0.2) is 37.0 Å². The lowest BCUT2D eigenvalue weighted by molar-refractivity contribution is -0.117. The fraction of sp³-hybridized carbons (Fsp3) is 0.562. The van der Waals surface area contributed by atoms with Gasteiger partial charge in [0, 0.05) is 10.7 Å². The molecule has 1 amide bonds. The molecule has 0 bridgehead atoms. The Kier molecular flexibility index (Phi) is 6.03. The number of carbonyl (C=O) groups is 1. The van der Waals surface area contributed by atoms with Crippen LogP contribution in [0, 0.1) is 12.8 Å². The second kappa shape index (κ2) is 7.78. The van der Waals surface area contributed by atoms with Crippen molar-refractivity contribution < 1.29 is 4.79 Å². The molecule has 1 heterocycles. The van der Waals surface area contributed by atoms with E-state index in [-0.39, 0.29) is 5.91 Å². The van der Waals surface area contributed by atoms with E-state index in [0.29, 0.717) is 11.6 Å². The van der Waals surface area contributed by atoms with Crippen LogP contribution in [0.5, 0.6) is 0 Å². The van der Waals surface area contributed by atoms with Gasteiger partial charge in [-0.3, -0.25) is 9.69 Å². The third kappa shape index (κ3) is 4.99. The molecule has 0 aromatic heterocycles. The summed E-state index contributed by atoms with van der Waals surface area (Å²) in [4.78, 5) is 14.3. The smallest absolute Gasteiger partial charge is 0.238 e. The number of nitrogens with two attached hydrogens (primary N) is 1. The van der Waals surface area contributed by atoms with E-state index in [1.165, 1.54) is 0 Å². The van der Waals surface area contributed by atoms with Gasteiger partial charge in [0.05, 0.1) is 6.54 Å². The van der Waals surface area contributed by atoms with E-state index in [2.05, 4.69) is 10.2 Å². The predicted octanol–water partition coefficient (Wildman–Crippen LogP) is 2.65. The molecule has 3 N–H and O–H groups in total. The van der Waals surface area contributed by atoms with E-state index >= 15 is 0 Å². The SMILES string of the molecule is Cc1ccc(NC(=O)CN2CCC(CCN)CC2)cc1Cl. The summed E-state index contributed by atoms with van der Waals surface area (Å²) in [6, 6.07) is 5.59. The summed E-state index contributed by atoms with van der Waals surface area (Å²) in [6.45, 7) is 5.11. The van der Waals surface area contributed by atoms with Gasteiger partial charge in [-0.15, -0.1) is 0 Å². The number of hydrogen-bond donors (Lipinski definition) is 2. The maximum Gasteiger partial charge on any atom is 0.238 e. The first-order chi connectivity index (χ1) is 10.1. The first kappa shape index (κ1) is 16.3. The molecule has 0 spiro atoms. The van der Waals surface area contributed by atoms with Crippen LogP contribution in [0.15, 0.2) is 18.2 Å². The van der Waals surface area contributed by atoms with Gasteiger partial charge in [-0.25, -0.2) is 0 Å². The molecule has 1 aliphatic heterocycles. The van der Waals surface area contributed by atoms with Gasteiger partial charge in [0.2, 0.25) is 5.91 Å². The molecule has 116 valence electrons. The topological polar surface area (TPSA) is 58.4 Å². The minimum Gasteiger partial charge on any atom is -0.330 e. The average molecular weight is 310 g/mol. The molecule has 21 heavy (non-hydrogen) atoms. The van der Waals surface area contributed by atoms with Crippen LogP contribution in [0.25, 0.3) is 0 Å². The Morgan fingerprint density at radius 1 is 1.43 bits per heavy atom. The van der Waals surface area contributed by atoms with E-state index in [9.17, 15) is 4.79 Å². The third-order valence-electron chi connectivity index (χ3n) is 4.10. The van der Waals surface area contributed by atoms with Crippen molar-refractivity contribution in [2.45, 2.75) is 26.2 Å². The molecule has 1 aliphatic rings. The Labute approximate surface area is 131 Å². The van der Waals surface area contributed by atoms with Crippen LogP contribution < -0.4 is 11.1 Å². The number of carbonyl (C=O) groups excluding carboxylic acids is 1. The molecule has 4 nitrogen and oxygen atoms in total. The third-order valence-corrected chi connectivity index (χ3v) is 4.51. The van der Waals surface area contributed by atoms with Gasteiger partial charge in [-0.05, 0) is 69.4 Å². The zero-order valence-electron chi connectivity index (χ0n) is 12.6. The predicted molar refractivity (Wildman–Crippen MR) is 87.7 cm³/mol. The van der Waals surface area contributed by atoms with E-state index in [1.54, 1.807) is 6.07 Å². The number of piperidine rings is 1. The summed E-state index contributed by atoms with van der Waals surface area (Å²) in [5.74, 6) is 0.748.